The average Bonchev–Trinajstić information content (AvgIpc) is 2.85. The zero-order valence-electron chi connectivity index (χ0n) is 12.1. The molecule has 2 rings (SSSR count). The fourth-order valence-corrected chi connectivity index (χ4v) is 3.34. The first-order valence-electron chi connectivity index (χ1n) is 7.48. The molecule has 2 N–H and O–H groups in total. The molecule has 1 aliphatic carbocycles. The van der Waals surface area contributed by atoms with Crippen LogP contribution < -0.4 is 5.73 Å². The van der Waals surface area contributed by atoms with Gasteiger partial charge in [0, 0.05) is 6.04 Å². The van der Waals surface area contributed by atoms with Crippen molar-refractivity contribution in [3.63, 3.8) is 0 Å². The standard InChI is InChI=1S/C17H27N/c1-4-13-8-9-14(5-2)15(12-13)16(18)17(3)10-6-7-11-17/h8-9,12,16H,4-7,10-11,18H2,1-3H3. The van der Waals surface area contributed by atoms with Crippen LogP contribution in [0.5, 0.6) is 0 Å². The van der Waals surface area contributed by atoms with Gasteiger partial charge in [-0.15, -0.1) is 0 Å². The number of hydrogen-bond donors (Lipinski definition) is 1. The SMILES string of the molecule is CCc1ccc(CC)c(C(N)C2(C)CCCC2)c1. The number of hydrogen-bond acceptors (Lipinski definition) is 1. The smallest absolute Gasteiger partial charge is 0.0352 e. The van der Waals surface area contributed by atoms with Crippen LogP contribution >= 0.6 is 0 Å². The third-order valence-electron chi connectivity index (χ3n) is 4.83. The van der Waals surface area contributed by atoms with E-state index in [0.29, 0.717) is 5.41 Å². The maximum Gasteiger partial charge on any atom is 0.0352 e. The van der Waals surface area contributed by atoms with E-state index in [-0.39, 0.29) is 6.04 Å². The Labute approximate surface area is 112 Å². The summed E-state index contributed by atoms with van der Waals surface area (Å²) in [7, 11) is 0. The van der Waals surface area contributed by atoms with Crippen molar-refractivity contribution in [2.45, 2.75) is 65.3 Å². The van der Waals surface area contributed by atoms with E-state index < -0.39 is 0 Å². The molecule has 0 aromatic heterocycles. The van der Waals surface area contributed by atoms with Gasteiger partial charge in [0.1, 0.15) is 0 Å². The molecule has 1 unspecified atom stereocenters. The Bertz CT molecular complexity index is 402. The summed E-state index contributed by atoms with van der Waals surface area (Å²) in [5, 5.41) is 0. The lowest BCUT2D eigenvalue weighted by Gasteiger charge is -2.33. The van der Waals surface area contributed by atoms with Gasteiger partial charge in [0.05, 0.1) is 0 Å². The predicted octanol–water partition coefficient (Wildman–Crippen LogP) is 4.39. The van der Waals surface area contributed by atoms with Gasteiger partial charge in [-0.05, 0) is 47.8 Å². The van der Waals surface area contributed by atoms with Crippen molar-refractivity contribution < 1.29 is 0 Å². The molecular weight excluding hydrogens is 218 g/mol. The summed E-state index contributed by atoms with van der Waals surface area (Å²) in [4.78, 5) is 0. The third-order valence-corrected chi connectivity index (χ3v) is 4.83. The van der Waals surface area contributed by atoms with Crippen molar-refractivity contribution in [2.75, 3.05) is 0 Å². The van der Waals surface area contributed by atoms with Crippen LogP contribution in [-0.4, -0.2) is 0 Å². The van der Waals surface area contributed by atoms with Crippen LogP contribution in [0.15, 0.2) is 18.2 Å². The van der Waals surface area contributed by atoms with Crippen molar-refractivity contribution in [1.82, 2.24) is 0 Å². The van der Waals surface area contributed by atoms with Crippen molar-refractivity contribution in [3.8, 4) is 0 Å². The van der Waals surface area contributed by atoms with Crippen LogP contribution in [0.3, 0.4) is 0 Å². The minimum atomic E-state index is 0.210. The number of rotatable bonds is 4. The van der Waals surface area contributed by atoms with Crippen LogP contribution in [0.1, 0.15) is 69.2 Å². The van der Waals surface area contributed by atoms with E-state index in [0.717, 1.165) is 12.8 Å². The summed E-state index contributed by atoms with van der Waals surface area (Å²) >= 11 is 0. The molecule has 0 aliphatic heterocycles. The zero-order chi connectivity index (χ0) is 13.2. The molecule has 1 aromatic rings. The molecule has 1 heteroatoms. The zero-order valence-corrected chi connectivity index (χ0v) is 12.1. The first kappa shape index (κ1) is 13.6. The Kier molecular flexibility index (Phi) is 4.11. The molecule has 0 radical (unpaired) electrons. The summed E-state index contributed by atoms with van der Waals surface area (Å²) < 4.78 is 0. The van der Waals surface area contributed by atoms with E-state index in [2.05, 4.69) is 39.0 Å². The van der Waals surface area contributed by atoms with Crippen molar-refractivity contribution in [2.24, 2.45) is 11.1 Å². The molecule has 1 nitrogen and oxygen atoms in total. The highest BCUT2D eigenvalue weighted by Gasteiger charge is 2.36. The predicted molar refractivity (Wildman–Crippen MR) is 78.7 cm³/mol. The van der Waals surface area contributed by atoms with E-state index in [9.17, 15) is 0 Å². The molecule has 100 valence electrons. The number of benzene rings is 1. The van der Waals surface area contributed by atoms with Crippen LogP contribution in [0.2, 0.25) is 0 Å². The maximum absolute atomic E-state index is 6.63. The van der Waals surface area contributed by atoms with Gasteiger partial charge in [0.25, 0.3) is 0 Å². The number of aryl methyl sites for hydroxylation is 2. The van der Waals surface area contributed by atoms with Crippen molar-refractivity contribution in [3.05, 3.63) is 34.9 Å². The lowest BCUT2D eigenvalue weighted by atomic mass is 9.76. The minimum Gasteiger partial charge on any atom is -0.323 e. The molecule has 0 spiro atoms. The highest BCUT2D eigenvalue weighted by Crippen LogP contribution is 2.46. The Balaban J connectivity index is 2.35. The second-order valence-corrected chi connectivity index (χ2v) is 6.08. The largest absolute Gasteiger partial charge is 0.323 e. The van der Waals surface area contributed by atoms with E-state index >= 15 is 0 Å². The molecule has 1 fully saturated rings. The first-order valence-corrected chi connectivity index (χ1v) is 7.48. The maximum atomic E-state index is 6.63. The highest BCUT2D eigenvalue weighted by atomic mass is 14.7. The van der Waals surface area contributed by atoms with E-state index in [1.165, 1.54) is 42.4 Å². The number of nitrogens with two attached hydrogens (primary N) is 1. The van der Waals surface area contributed by atoms with E-state index in [1.54, 1.807) is 0 Å². The highest BCUT2D eigenvalue weighted by molar-refractivity contribution is 5.35. The van der Waals surface area contributed by atoms with Crippen LogP contribution in [0.25, 0.3) is 0 Å². The van der Waals surface area contributed by atoms with Gasteiger partial charge >= 0.3 is 0 Å². The van der Waals surface area contributed by atoms with Crippen molar-refractivity contribution >= 4 is 0 Å². The van der Waals surface area contributed by atoms with Gasteiger partial charge in [0.2, 0.25) is 0 Å². The van der Waals surface area contributed by atoms with Gasteiger partial charge in [-0.25, -0.2) is 0 Å². The molecule has 1 saturated carbocycles. The average molecular weight is 245 g/mol. The fourth-order valence-electron chi connectivity index (χ4n) is 3.34. The van der Waals surface area contributed by atoms with Crippen LogP contribution in [-0.2, 0) is 12.8 Å². The molecule has 1 aromatic carbocycles. The second kappa shape index (κ2) is 5.44. The van der Waals surface area contributed by atoms with Gasteiger partial charge in [-0.3, -0.25) is 0 Å². The second-order valence-electron chi connectivity index (χ2n) is 6.08. The van der Waals surface area contributed by atoms with Gasteiger partial charge in [-0.2, -0.15) is 0 Å². The monoisotopic (exact) mass is 245 g/mol. The quantitative estimate of drug-likeness (QED) is 0.836. The van der Waals surface area contributed by atoms with E-state index in [1.807, 2.05) is 0 Å². The van der Waals surface area contributed by atoms with Gasteiger partial charge in [-0.1, -0.05) is 51.8 Å². The fraction of sp³-hybridized carbons (Fsp3) is 0.647. The minimum absolute atomic E-state index is 0.210. The van der Waals surface area contributed by atoms with Crippen LogP contribution in [0.4, 0.5) is 0 Å². The normalized spacial score (nSPS) is 20.0. The van der Waals surface area contributed by atoms with Crippen LogP contribution in [0, 0.1) is 5.41 Å². The molecule has 1 aliphatic rings. The Morgan fingerprint density at radius 2 is 1.83 bits per heavy atom. The molecular formula is C17H27N. The summed E-state index contributed by atoms with van der Waals surface area (Å²) in [5.74, 6) is 0. The molecule has 0 bridgehead atoms. The lowest BCUT2D eigenvalue weighted by molar-refractivity contribution is 0.264. The first-order chi connectivity index (χ1) is 8.60. The van der Waals surface area contributed by atoms with E-state index in [4.69, 9.17) is 5.73 Å². The Morgan fingerprint density at radius 3 is 2.39 bits per heavy atom. The Hall–Kier alpha value is -0.820. The molecule has 0 heterocycles. The van der Waals surface area contributed by atoms with Gasteiger partial charge in [0.15, 0.2) is 0 Å². The topological polar surface area (TPSA) is 26.0 Å². The van der Waals surface area contributed by atoms with Gasteiger partial charge < -0.3 is 5.73 Å². The molecule has 18 heavy (non-hydrogen) atoms. The van der Waals surface area contributed by atoms with Crippen molar-refractivity contribution in [1.29, 1.82) is 0 Å². The molecule has 0 saturated heterocycles. The summed E-state index contributed by atoms with van der Waals surface area (Å²) in [5.41, 5.74) is 11.2. The summed E-state index contributed by atoms with van der Waals surface area (Å²) in [6.07, 6.45) is 7.45. The summed E-state index contributed by atoms with van der Waals surface area (Å²) in [6.45, 7) is 6.82. The molecule has 0 amide bonds. The Morgan fingerprint density at radius 1 is 1.17 bits per heavy atom. The third kappa shape index (κ3) is 2.47. The molecule has 1 atom stereocenters. The lowest BCUT2D eigenvalue weighted by Crippen LogP contribution is -2.30. The summed E-state index contributed by atoms with van der Waals surface area (Å²) in [6, 6.07) is 7.10.